The number of aliphatic hydroxyl groups excluding tert-OH is 1. The van der Waals surface area contributed by atoms with Gasteiger partial charge in [-0.3, -0.25) is 0 Å². The molecule has 0 fully saturated rings. The van der Waals surface area contributed by atoms with E-state index in [4.69, 9.17) is 16.0 Å². The Kier molecular flexibility index (Phi) is 6.04. The lowest BCUT2D eigenvalue weighted by Crippen LogP contribution is -2.67. The molecule has 0 amide bonds. The van der Waals surface area contributed by atoms with E-state index >= 15 is 0 Å². The van der Waals surface area contributed by atoms with Crippen LogP contribution in [0.1, 0.15) is 20.8 Å². The molecule has 124 valence electrons. The smallest absolute Gasteiger partial charge is 0.261 e. The van der Waals surface area contributed by atoms with Crippen molar-refractivity contribution in [1.82, 2.24) is 0 Å². The zero-order chi connectivity index (χ0) is 16.9. The normalized spacial score (nSPS) is 13.8. The maximum absolute atomic E-state index is 9.95. The molecule has 0 heterocycles. The minimum Gasteiger partial charge on any atom is -0.405 e. The van der Waals surface area contributed by atoms with Gasteiger partial charge in [0, 0.05) is 0 Å². The molecule has 23 heavy (non-hydrogen) atoms. The van der Waals surface area contributed by atoms with Crippen LogP contribution in [0.2, 0.25) is 5.04 Å². The molecular formula is C19H25ClO2Si. The molecule has 0 unspecified atom stereocenters. The van der Waals surface area contributed by atoms with E-state index in [0.29, 0.717) is 0 Å². The van der Waals surface area contributed by atoms with Gasteiger partial charge in [-0.25, -0.2) is 0 Å². The second kappa shape index (κ2) is 7.62. The molecule has 2 aromatic carbocycles. The van der Waals surface area contributed by atoms with Crippen LogP contribution >= 0.6 is 11.6 Å². The van der Waals surface area contributed by atoms with Gasteiger partial charge in [-0.15, -0.1) is 11.6 Å². The highest BCUT2D eigenvalue weighted by Crippen LogP contribution is 2.36. The second-order valence-electron chi connectivity index (χ2n) is 6.78. The summed E-state index contributed by atoms with van der Waals surface area (Å²) in [5, 5.41) is 12.3. The molecule has 0 saturated heterocycles. The minimum absolute atomic E-state index is 0.0816. The van der Waals surface area contributed by atoms with Gasteiger partial charge in [-0.2, -0.15) is 0 Å². The highest BCUT2D eigenvalue weighted by atomic mass is 35.5. The summed E-state index contributed by atoms with van der Waals surface area (Å²) in [5.41, 5.74) is 0. The summed E-state index contributed by atoms with van der Waals surface area (Å²) in [6.45, 7) is 6.89. The van der Waals surface area contributed by atoms with Crippen LogP contribution in [0.5, 0.6) is 0 Å². The molecule has 0 aliphatic rings. The lowest BCUT2D eigenvalue weighted by molar-refractivity contribution is 0.120. The fourth-order valence-electron chi connectivity index (χ4n) is 3.03. The summed E-state index contributed by atoms with van der Waals surface area (Å²) >= 11 is 5.77. The Hall–Kier alpha value is -1.13. The van der Waals surface area contributed by atoms with E-state index in [1.165, 1.54) is 10.4 Å². The molecule has 0 aliphatic heterocycles. The average molecular weight is 349 g/mol. The predicted molar refractivity (Wildman–Crippen MR) is 100 cm³/mol. The van der Waals surface area contributed by atoms with Gasteiger partial charge < -0.3 is 9.53 Å². The molecule has 2 rings (SSSR count). The Labute approximate surface area is 145 Å². The van der Waals surface area contributed by atoms with Crippen LogP contribution in [0.15, 0.2) is 60.7 Å². The Morgan fingerprint density at radius 3 is 1.74 bits per heavy atom. The largest absolute Gasteiger partial charge is 0.405 e. The highest BCUT2D eigenvalue weighted by molar-refractivity contribution is 6.99. The van der Waals surface area contributed by atoms with E-state index in [1.807, 2.05) is 36.4 Å². The molecule has 2 aromatic rings. The molecule has 2 nitrogen and oxygen atoms in total. The zero-order valence-corrected chi connectivity index (χ0v) is 15.8. The van der Waals surface area contributed by atoms with Crippen molar-refractivity contribution in [3.63, 3.8) is 0 Å². The van der Waals surface area contributed by atoms with E-state index in [9.17, 15) is 5.11 Å². The number of rotatable bonds is 6. The molecule has 0 aliphatic carbocycles. The minimum atomic E-state index is -2.55. The van der Waals surface area contributed by atoms with Gasteiger partial charge in [0.1, 0.15) is 0 Å². The van der Waals surface area contributed by atoms with Gasteiger partial charge in [0.25, 0.3) is 8.32 Å². The summed E-state index contributed by atoms with van der Waals surface area (Å²) in [6.07, 6.45) is -0.654. The topological polar surface area (TPSA) is 29.5 Å². The third-order valence-electron chi connectivity index (χ3n) is 4.09. The molecule has 1 atom stereocenters. The first kappa shape index (κ1) is 18.2. The zero-order valence-electron chi connectivity index (χ0n) is 14.0. The molecule has 0 radical (unpaired) electrons. The standard InChI is InChI=1S/C19H25ClO2Si/c1-19(2,3)23(22-15-16(21)14-20,17-10-6-4-7-11-17)18-12-8-5-9-13-18/h4-13,16,21H,14-15H2,1-3H3/t16-/m0/s1. The summed E-state index contributed by atoms with van der Waals surface area (Å²) in [4.78, 5) is 0. The van der Waals surface area contributed by atoms with Gasteiger partial charge in [-0.05, 0) is 15.4 Å². The van der Waals surface area contributed by atoms with Crippen LogP contribution in [-0.4, -0.2) is 32.0 Å². The van der Waals surface area contributed by atoms with Crippen LogP contribution in [0.25, 0.3) is 0 Å². The van der Waals surface area contributed by atoms with E-state index in [2.05, 4.69) is 45.0 Å². The van der Waals surface area contributed by atoms with Crippen LogP contribution in [0.3, 0.4) is 0 Å². The fourth-order valence-corrected chi connectivity index (χ4v) is 7.71. The first-order valence-corrected chi connectivity index (χ1v) is 10.3. The van der Waals surface area contributed by atoms with Gasteiger partial charge in [0.05, 0.1) is 18.6 Å². The Morgan fingerprint density at radius 2 is 1.39 bits per heavy atom. The first-order chi connectivity index (χ1) is 10.9. The third kappa shape index (κ3) is 3.86. The highest BCUT2D eigenvalue weighted by Gasteiger charge is 2.50. The van der Waals surface area contributed by atoms with Gasteiger partial charge >= 0.3 is 0 Å². The quantitative estimate of drug-likeness (QED) is 0.642. The average Bonchev–Trinajstić information content (AvgIpc) is 2.56. The van der Waals surface area contributed by atoms with Crippen molar-refractivity contribution < 1.29 is 9.53 Å². The van der Waals surface area contributed by atoms with Crippen molar-refractivity contribution in [2.45, 2.75) is 31.9 Å². The summed E-state index contributed by atoms with van der Waals surface area (Å²) in [6, 6.07) is 20.8. The van der Waals surface area contributed by atoms with Crippen molar-refractivity contribution in [2.75, 3.05) is 12.5 Å². The summed E-state index contributed by atoms with van der Waals surface area (Å²) in [5.74, 6) is 0.179. The number of aliphatic hydroxyl groups is 1. The Morgan fingerprint density at radius 1 is 0.957 bits per heavy atom. The summed E-state index contributed by atoms with van der Waals surface area (Å²) < 4.78 is 6.52. The Balaban J connectivity index is 2.60. The van der Waals surface area contributed by atoms with Crippen LogP contribution < -0.4 is 10.4 Å². The third-order valence-corrected chi connectivity index (χ3v) is 9.45. The number of halogens is 1. The number of benzene rings is 2. The maximum Gasteiger partial charge on any atom is 0.261 e. The van der Waals surface area contributed by atoms with E-state index < -0.39 is 14.4 Å². The molecule has 0 aromatic heterocycles. The van der Waals surface area contributed by atoms with Gasteiger partial charge in [0.2, 0.25) is 0 Å². The van der Waals surface area contributed by atoms with Gasteiger partial charge in [-0.1, -0.05) is 81.4 Å². The van der Waals surface area contributed by atoms with Crippen LogP contribution in [0.4, 0.5) is 0 Å². The SMILES string of the molecule is CC(C)(C)[Si](OC[C@@H](O)CCl)(c1ccccc1)c1ccccc1. The molecule has 0 spiro atoms. The van der Waals surface area contributed by atoms with Crippen LogP contribution in [0, 0.1) is 0 Å². The predicted octanol–water partition coefficient (Wildman–Crippen LogP) is 3.16. The van der Waals surface area contributed by atoms with E-state index in [1.54, 1.807) is 0 Å². The van der Waals surface area contributed by atoms with Crippen molar-refractivity contribution in [1.29, 1.82) is 0 Å². The lowest BCUT2D eigenvalue weighted by atomic mass is 10.2. The van der Waals surface area contributed by atoms with Crippen molar-refractivity contribution in [3.05, 3.63) is 60.7 Å². The molecule has 0 saturated carbocycles. The Bertz CT molecular complexity index is 556. The second-order valence-corrected chi connectivity index (χ2v) is 11.4. The van der Waals surface area contributed by atoms with Crippen molar-refractivity contribution in [2.24, 2.45) is 0 Å². The van der Waals surface area contributed by atoms with Crippen molar-refractivity contribution >= 4 is 30.3 Å². The molecule has 4 heteroatoms. The maximum atomic E-state index is 9.95. The van der Waals surface area contributed by atoms with E-state index in [0.717, 1.165) is 0 Å². The van der Waals surface area contributed by atoms with Crippen LogP contribution in [-0.2, 0) is 4.43 Å². The molecule has 0 bridgehead atoms. The number of alkyl halides is 1. The van der Waals surface area contributed by atoms with E-state index in [-0.39, 0.29) is 17.5 Å². The van der Waals surface area contributed by atoms with Crippen molar-refractivity contribution in [3.8, 4) is 0 Å². The molecule has 1 N–H and O–H groups in total. The number of hydrogen-bond donors (Lipinski definition) is 1. The number of hydrogen-bond acceptors (Lipinski definition) is 2. The monoisotopic (exact) mass is 348 g/mol. The van der Waals surface area contributed by atoms with Gasteiger partial charge in [0.15, 0.2) is 0 Å². The lowest BCUT2D eigenvalue weighted by Gasteiger charge is -2.43. The summed E-state index contributed by atoms with van der Waals surface area (Å²) in [7, 11) is -2.55. The molecular weight excluding hydrogens is 324 g/mol. The first-order valence-electron chi connectivity index (χ1n) is 7.91. The fraction of sp³-hybridized carbons (Fsp3) is 0.368.